The van der Waals surface area contributed by atoms with Crippen molar-refractivity contribution in [3.8, 4) is 0 Å². The van der Waals surface area contributed by atoms with Crippen LogP contribution in [-0.4, -0.2) is 22.6 Å². The summed E-state index contributed by atoms with van der Waals surface area (Å²) in [7, 11) is 0. The van der Waals surface area contributed by atoms with Crippen LogP contribution in [0, 0.1) is 6.92 Å². The zero-order valence-electron chi connectivity index (χ0n) is 14.5. The van der Waals surface area contributed by atoms with Crippen molar-refractivity contribution in [1.82, 2.24) is 4.98 Å². The topological polar surface area (TPSA) is 71.1 Å². The summed E-state index contributed by atoms with van der Waals surface area (Å²) in [5.41, 5.74) is 3.50. The van der Waals surface area contributed by atoms with Crippen molar-refractivity contribution in [3.63, 3.8) is 0 Å². The summed E-state index contributed by atoms with van der Waals surface area (Å²) in [5.74, 6) is 0.226. The molecule has 0 spiro atoms. The lowest BCUT2D eigenvalue weighted by Gasteiger charge is -2.06. The van der Waals surface area contributed by atoms with Gasteiger partial charge in [-0.2, -0.15) is 0 Å². The van der Waals surface area contributed by atoms with Crippen molar-refractivity contribution in [2.75, 3.05) is 16.4 Å². The van der Waals surface area contributed by atoms with Gasteiger partial charge in [-0.1, -0.05) is 36.9 Å². The molecule has 7 heteroatoms. The number of carbonyl (C=O) groups excluding carboxylic acids is 2. The molecule has 26 heavy (non-hydrogen) atoms. The number of benzene rings is 2. The summed E-state index contributed by atoms with van der Waals surface area (Å²) in [6, 6.07) is 13.3. The van der Waals surface area contributed by atoms with Gasteiger partial charge in [0.05, 0.1) is 16.0 Å². The van der Waals surface area contributed by atoms with E-state index >= 15 is 0 Å². The first-order valence-electron chi connectivity index (χ1n) is 8.24. The molecule has 3 aromatic rings. The summed E-state index contributed by atoms with van der Waals surface area (Å²) in [5, 5.41) is 5.77. The molecule has 2 amide bonds. The van der Waals surface area contributed by atoms with Gasteiger partial charge in [-0.05, 0) is 36.8 Å². The number of thiazole rings is 1. The predicted molar refractivity (Wildman–Crippen MR) is 109 cm³/mol. The van der Waals surface area contributed by atoms with E-state index in [2.05, 4.69) is 15.6 Å². The molecule has 134 valence electrons. The van der Waals surface area contributed by atoms with Crippen LogP contribution in [0.2, 0.25) is 0 Å². The molecule has 1 heterocycles. The van der Waals surface area contributed by atoms with Crippen LogP contribution >= 0.6 is 23.1 Å². The van der Waals surface area contributed by atoms with Crippen LogP contribution < -0.4 is 10.6 Å². The number of carbonyl (C=O) groups is 2. The highest BCUT2D eigenvalue weighted by atomic mass is 32.2. The van der Waals surface area contributed by atoms with E-state index in [4.69, 9.17) is 0 Å². The molecule has 1 aromatic heterocycles. The minimum absolute atomic E-state index is 0.0173. The van der Waals surface area contributed by atoms with Crippen LogP contribution in [0.25, 0.3) is 10.2 Å². The van der Waals surface area contributed by atoms with Gasteiger partial charge in [0.25, 0.3) is 0 Å². The third kappa shape index (κ3) is 4.62. The van der Waals surface area contributed by atoms with E-state index in [1.165, 1.54) is 23.1 Å². The van der Waals surface area contributed by atoms with Gasteiger partial charge >= 0.3 is 0 Å². The Morgan fingerprint density at radius 1 is 1.12 bits per heavy atom. The maximum absolute atomic E-state index is 12.2. The number of para-hydroxylation sites is 1. The van der Waals surface area contributed by atoms with Gasteiger partial charge in [0.2, 0.25) is 11.8 Å². The Hall–Kier alpha value is -2.38. The van der Waals surface area contributed by atoms with Crippen molar-refractivity contribution in [2.24, 2.45) is 0 Å². The van der Waals surface area contributed by atoms with Crippen molar-refractivity contribution in [3.05, 3.63) is 48.0 Å². The molecule has 0 saturated heterocycles. The largest absolute Gasteiger partial charge is 0.326 e. The fourth-order valence-corrected chi connectivity index (χ4v) is 4.23. The van der Waals surface area contributed by atoms with E-state index in [9.17, 15) is 9.59 Å². The highest BCUT2D eigenvalue weighted by Crippen LogP contribution is 2.31. The van der Waals surface area contributed by atoms with E-state index in [1.807, 2.05) is 56.3 Å². The summed E-state index contributed by atoms with van der Waals surface area (Å²) in [6.07, 6.45) is 0.442. The van der Waals surface area contributed by atoms with Crippen LogP contribution in [0.4, 0.5) is 11.4 Å². The average Bonchev–Trinajstić information content (AvgIpc) is 3.04. The number of hydrogen-bond acceptors (Lipinski definition) is 5. The first-order valence-corrected chi connectivity index (χ1v) is 10.0. The van der Waals surface area contributed by atoms with E-state index in [0.717, 1.165) is 31.5 Å². The second kappa shape index (κ2) is 8.33. The van der Waals surface area contributed by atoms with Gasteiger partial charge < -0.3 is 10.6 Å². The Balaban J connectivity index is 1.63. The summed E-state index contributed by atoms with van der Waals surface area (Å²) in [4.78, 5) is 28.2. The Morgan fingerprint density at radius 3 is 2.69 bits per heavy atom. The molecule has 0 aliphatic rings. The Bertz CT molecular complexity index is 953. The SMILES string of the molecule is CCC(=O)Nc1ccc2nc(SCC(=O)Nc3ccccc3C)sc2c1. The Morgan fingerprint density at radius 2 is 1.92 bits per heavy atom. The number of fused-ring (bicyclic) bond motifs is 1. The highest BCUT2D eigenvalue weighted by molar-refractivity contribution is 8.01. The normalized spacial score (nSPS) is 10.7. The lowest BCUT2D eigenvalue weighted by Crippen LogP contribution is -2.14. The second-order valence-electron chi connectivity index (χ2n) is 5.72. The van der Waals surface area contributed by atoms with Crippen LogP contribution in [0.15, 0.2) is 46.8 Å². The quantitative estimate of drug-likeness (QED) is 0.604. The monoisotopic (exact) mass is 385 g/mol. The number of amides is 2. The smallest absolute Gasteiger partial charge is 0.234 e. The molecule has 0 fully saturated rings. The molecule has 5 nitrogen and oxygen atoms in total. The lowest BCUT2D eigenvalue weighted by atomic mass is 10.2. The number of aryl methyl sites for hydroxylation is 1. The van der Waals surface area contributed by atoms with Crippen molar-refractivity contribution in [1.29, 1.82) is 0 Å². The number of hydrogen-bond donors (Lipinski definition) is 2. The zero-order chi connectivity index (χ0) is 18.5. The van der Waals surface area contributed by atoms with Gasteiger partial charge in [-0.15, -0.1) is 11.3 Å². The van der Waals surface area contributed by atoms with Gasteiger partial charge in [0, 0.05) is 17.8 Å². The molecule has 0 bridgehead atoms. The maximum atomic E-state index is 12.2. The molecular formula is C19H19N3O2S2. The molecular weight excluding hydrogens is 366 g/mol. The number of anilines is 2. The molecule has 0 radical (unpaired) electrons. The first kappa shape index (κ1) is 18.4. The fraction of sp³-hybridized carbons (Fsp3) is 0.211. The number of rotatable bonds is 6. The van der Waals surface area contributed by atoms with Gasteiger partial charge in [0.1, 0.15) is 0 Å². The fourth-order valence-electron chi connectivity index (χ4n) is 2.32. The molecule has 2 aromatic carbocycles. The van der Waals surface area contributed by atoms with E-state index in [1.54, 1.807) is 0 Å². The van der Waals surface area contributed by atoms with E-state index in [-0.39, 0.29) is 11.8 Å². The van der Waals surface area contributed by atoms with Crippen LogP contribution in [0.5, 0.6) is 0 Å². The third-order valence-corrected chi connectivity index (χ3v) is 5.88. The molecule has 0 unspecified atom stereocenters. The maximum Gasteiger partial charge on any atom is 0.234 e. The highest BCUT2D eigenvalue weighted by Gasteiger charge is 2.10. The van der Waals surface area contributed by atoms with E-state index in [0.29, 0.717) is 12.2 Å². The standard InChI is InChI=1S/C19H19N3O2S2/c1-3-17(23)20-13-8-9-15-16(10-13)26-19(22-15)25-11-18(24)21-14-7-5-4-6-12(14)2/h4-10H,3,11H2,1-2H3,(H,20,23)(H,21,24). The average molecular weight is 386 g/mol. The third-order valence-electron chi connectivity index (χ3n) is 3.72. The number of aromatic nitrogens is 1. The first-order chi connectivity index (χ1) is 12.5. The van der Waals surface area contributed by atoms with Crippen molar-refractivity contribution >= 4 is 56.5 Å². The molecule has 0 aliphatic heterocycles. The summed E-state index contributed by atoms with van der Waals surface area (Å²) in [6.45, 7) is 3.78. The molecule has 3 rings (SSSR count). The summed E-state index contributed by atoms with van der Waals surface area (Å²) < 4.78 is 1.82. The summed E-state index contributed by atoms with van der Waals surface area (Å²) >= 11 is 2.93. The van der Waals surface area contributed by atoms with Gasteiger partial charge in [0.15, 0.2) is 4.34 Å². The Kier molecular flexibility index (Phi) is 5.90. The van der Waals surface area contributed by atoms with E-state index < -0.39 is 0 Å². The lowest BCUT2D eigenvalue weighted by molar-refractivity contribution is -0.116. The van der Waals surface area contributed by atoms with Crippen LogP contribution in [0.3, 0.4) is 0 Å². The van der Waals surface area contributed by atoms with Crippen molar-refractivity contribution < 1.29 is 9.59 Å². The molecule has 0 atom stereocenters. The predicted octanol–water partition coefficient (Wildman–Crippen LogP) is 4.68. The number of thioether (sulfide) groups is 1. The molecule has 0 aliphatic carbocycles. The number of nitrogens with zero attached hydrogens (tertiary/aromatic N) is 1. The minimum atomic E-state index is -0.0561. The van der Waals surface area contributed by atoms with Crippen molar-refractivity contribution in [2.45, 2.75) is 24.6 Å². The second-order valence-corrected chi connectivity index (χ2v) is 7.97. The molecule has 0 saturated carbocycles. The Labute approximate surface area is 160 Å². The minimum Gasteiger partial charge on any atom is -0.326 e. The molecule has 2 N–H and O–H groups in total. The van der Waals surface area contributed by atoms with Crippen LogP contribution in [-0.2, 0) is 9.59 Å². The van der Waals surface area contributed by atoms with Gasteiger partial charge in [-0.25, -0.2) is 4.98 Å². The van der Waals surface area contributed by atoms with Crippen LogP contribution in [0.1, 0.15) is 18.9 Å². The number of nitrogens with one attached hydrogen (secondary N) is 2. The zero-order valence-corrected chi connectivity index (χ0v) is 16.2. The van der Waals surface area contributed by atoms with Gasteiger partial charge in [-0.3, -0.25) is 9.59 Å².